The summed E-state index contributed by atoms with van der Waals surface area (Å²) in [5.74, 6) is -0.0155. The maximum Gasteiger partial charge on any atom is 0.409 e. The number of hydrogen-bond donors (Lipinski definition) is 0. The zero-order chi connectivity index (χ0) is 13.7. The number of amides is 1. The first-order chi connectivity index (χ1) is 9.20. The standard InChI is InChI=1S/C13H22N2O4/c1-2-18-12(16)11-3-5-14(6-4-11)7-8-15-9-10-19-13(15)17/h11H,2-10H2,1H3. The summed E-state index contributed by atoms with van der Waals surface area (Å²) >= 11 is 0. The van der Waals surface area contributed by atoms with E-state index >= 15 is 0 Å². The van der Waals surface area contributed by atoms with Crippen molar-refractivity contribution in [2.45, 2.75) is 19.8 Å². The third-order valence-electron chi connectivity index (χ3n) is 3.74. The van der Waals surface area contributed by atoms with Crippen molar-refractivity contribution >= 4 is 12.1 Å². The van der Waals surface area contributed by atoms with Gasteiger partial charge < -0.3 is 19.3 Å². The molecule has 0 spiro atoms. The first kappa shape index (κ1) is 14.1. The fraction of sp³-hybridized carbons (Fsp3) is 0.846. The van der Waals surface area contributed by atoms with Crippen LogP contribution in [0, 0.1) is 5.92 Å². The quantitative estimate of drug-likeness (QED) is 0.689. The lowest BCUT2D eigenvalue weighted by molar-refractivity contribution is -0.149. The van der Waals surface area contributed by atoms with Crippen molar-refractivity contribution in [1.82, 2.24) is 9.80 Å². The highest BCUT2D eigenvalue weighted by Crippen LogP contribution is 2.18. The Kier molecular flexibility index (Phi) is 5.01. The predicted octanol–water partition coefficient (Wildman–Crippen LogP) is 0.714. The number of hydrogen-bond acceptors (Lipinski definition) is 5. The molecule has 1 amide bonds. The van der Waals surface area contributed by atoms with Gasteiger partial charge in [-0.3, -0.25) is 4.79 Å². The lowest BCUT2D eigenvalue weighted by Gasteiger charge is -2.31. The number of esters is 1. The monoisotopic (exact) mass is 270 g/mol. The molecule has 0 aliphatic carbocycles. The maximum absolute atomic E-state index is 11.6. The van der Waals surface area contributed by atoms with Crippen molar-refractivity contribution in [2.24, 2.45) is 5.92 Å². The van der Waals surface area contributed by atoms with E-state index in [-0.39, 0.29) is 18.0 Å². The third kappa shape index (κ3) is 3.83. The summed E-state index contributed by atoms with van der Waals surface area (Å²) in [6.45, 7) is 6.84. The van der Waals surface area contributed by atoms with Crippen LogP contribution in [0.5, 0.6) is 0 Å². The number of nitrogens with zero attached hydrogens (tertiary/aromatic N) is 2. The van der Waals surface area contributed by atoms with Gasteiger partial charge in [0, 0.05) is 13.1 Å². The van der Waals surface area contributed by atoms with Gasteiger partial charge in [0.15, 0.2) is 0 Å². The molecule has 6 heteroatoms. The lowest BCUT2D eigenvalue weighted by atomic mass is 9.97. The molecule has 19 heavy (non-hydrogen) atoms. The Morgan fingerprint density at radius 3 is 2.63 bits per heavy atom. The topological polar surface area (TPSA) is 59.1 Å². The van der Waals surface area contributed by atoms with Crippen molar-refractivity contribution in [1.29, 1.82) is 0 Å². The van der Waals surface area contributed by atoms with Gasteiger partial charge in [-0.05, 0) is 32.9 Å². The summed E-state index contributed by atoms with van der Waals surface area (Å²) in [6, 6.07) is 0. The number of piperidine rings is 1. The molecule has 2 rings (SSSR count). The van der Waals surface area contributed by atoms with E-state index in [4.69, 9.17) is 9.47 Å². The summed E-state index contributed by atoms with van der Waals surface area (Å²) in [4.78, 5) is 26.9. The number of rotatable bonds is 5. The molecule has 0 aromatic rings. The normalized spacial score (nSPS) is 21.5. The van der Waals surface area contributed by atoms with Crippen LogP contribution >= 0.6 is 0 Å². The van der Waals surface area contributed by atoms with E-state index < -0.39 is 0 Å². The minimum Gasteiger partial charge on any atom is -0.466 e. The number of carbonyl (C=O) groups excluding carboxylic acids is 2. The fourth-order valence-corrected chi connectivity index (χ4v) is 2.54. The average molecular weight is 270 g/mol. The van der Waals surface area contributed by atoms with Gasteiger partial charge in [-0.1, -0.05) is 0 Å². The van der Waals surface area contributed by atoms with Gasteiger partial charge in [0.2, 0.25) is 0 Å². The molecule has 0 radical (unpaired) electrons. The van der Waals surface area contributed by atoms with Gasteiger partial charge >= 0.3 is 12.1 Å². The molecule has 108 valence electrons. The van der Waals surface area contributed by atoms with Gasteiger partial charge in [0.05, 0.1) is 19.1 Å². The van der Waals surface area contributed by atoms with E-state index in [1.807, 2.05) is 6.92 Å². The van der Waals surface area contributed by atoms with Crippen LogP contribution in [0.25, 0.3) is 0 Å². The predicted molar refractivity (Wildman–Crippen MR) is 68.7 cm³/mol. The van der Waals surface area contributed by atoms with Crippen LogP contribution in [0.4, 0.5) is 4.79 Å². The van der Waals surface area contributed by atoms with Crippen molar-refractivity contribution in [2.75, 3.05) is 45.9 Å². The smallest absolute Gasteiger partial charge is 0.409 e. The van der Waals surface area contributed by atoms with Gasteiger partial charge in [-0.25, -0.2) is 4.79 Å². The largest absolute Gasteiger partial charge is 0.466 e. The first-order valence-electron chi connectivity index (χ1n) is 7.01. The molecule has 0 saturated carbocycles. The number of likely N-dealkylation sites (tertiary alicyclic amines) is 1. The Bertz CT molecular complexity index is 327. The van der Waals surface area contributed by atoms with Gasteiger partial charge in [-0.15, -0.1) is 0 Å². The van der Waals surface area contributed by atoms with Crippen molar-refractivity contribution in [3.05, 3.63) is 0 Å². The number of ether oxygens (including phenoxy) is 2. The van der Waals surface area contributed by atoms with E-state index in [1.165, 1.54) is 0 Å². The molecule has 6 nitrogen and oxygen atoms in total. The van der Waals surface area contributed by atoms with Crippen molar-refractivity contribution in [3.63, 3.8) is 0 Å². The Morgan fingerprint density at radius 1 is 1.32 bits per heavy atom. The second-order valence-electron chi connectivity index (χ2n) is 4.97. The van der Waals surface area contributed by atoms with Crippen LogP contribution in [-0.4, -0.2) is 67.8 Å². The first-order valence-corrected chi connectivity index (χ1v) is 7.01. The second-order valence-corrected chi connectivity index (χ2v) is 4.97. The molecule has 0 unspecified atom stereocenters. The molecular weight excluding hydrogens is 248 g/mol. The summed E-state index contributed by atoms with van der Waals surface area (Å²) in [7, 11) is 0. The number of carbonyl (C=O) groups is 2. The minimum absolute atomic E-state index is 0.0490. The van der Waals surface area contributed by atoms with Gasteiger partial charge in [-0.2, -0.15) is 0 Å². The molecule has 0 aromatic heterocycles. The van der Waals surface area contributed by atoms with Crippen LogP contribution in [0.1, 0.15) is 19.8 Å². The van der Waals surface area contributed by atoms with Crippen LogP contribution in [-0.2, 0) is 14.3 Å². The summed E-state index contributed by atoms with van der Waals surface area (Å²) < 4.78 is 9.93. The molecule has 0 aromatic carbocycles. The minimum atomic E-state index is -0.207. The molecule has 0 atom stereocenters. The molecule has 2 fully saturated rings. The highest BCUT2D eigenvalue weighted by Gasteiger charge is 2.27. The molecule has 0 N–H and O–H groups in total. The SMILES string of the molecule is CCOC(=O)C1CCN(CCN2CCOC2=O)CC1. The van der Waals surface area contributed by atoms with Gasteiger partial charge in [0.1, 0.15) is 6.61 Å². The van der Waals surface area contributed by atoms with E-state index in [0.29, 0.717) is 26.3 Å². The van der Waals surface area contributed by atoms with E-state index in [2.05, 4.69) is 4.90 Å². The van der Waals surface area contributed by atoms with Crippen LogP contribution in [0.3, 0.4) is 0 Å². The Hall–Kier alpha value is -1.30. The lowest BCUT2D eigenvalue weighted by Crippen LogP contribution is -2.41. The van der Waals surface area contributed by atoms with E-state index in [9.17, 15) is 9.59 Å². The van der Waals surface area contributed by atoms with Crippen molar-refractivity contribution < 1.29 is 19.1 Å². The molecule has 0 bridgehead atoms. The Morgan fingerprint density at radius 2 is 2.05 bits per heavy atom. The summed E-state index contributed by atoms with van der Waals surface area (Å²) in [5, 5.41) is 0. The average Bonchev–Trinajstić information content (AvgIpc) is 2.83. The molecule has 2 heterocycles. The zero-order valence-corrected chi connectivity index (χ0v) is 11.5. The fourth-order valence-electron chi connectivity index (χ4n) is 2.54. The van der Waals surface area contributed by atoms with Crippen LogP contribution < -0.4 is 0 Å². The second kappa shape index (κ2) is 6.75. The number of cyclic esters (lactones) is 1. The molecular formula is C13H22N2O4. The zero-order valence-electron chi connectivity index (χ0n) is 11.5. The third-order valence-corrected chi connectivity index (χ3v) is 3.74. The van der Waals surface area contributed by atoms with Crippen molar-refractivity contribution in [3.8, 4) is 0 Å². The molecule has 2 aliphatic rings. The maximum atomic E-state index is 11.6. The van der Waals surface area contributed by atoms with E-state index in [0.717, 1.165) is 32.5 Å². The summed E-state index contributed by atoms with van der Waals surface area (Å²) in [5.41, 5.74) is 0. The van der Waals surface area contributed by atoms with Crippen LogP contribution in [0.2, 0.25) is 0 Å². The highest BCUT2D eigenvalue weighted by molar-refractivity contribution is 5.72. The molecule has 2 aliphatic heterocycles. The Labute approximate surface area is 113 Å². The summed E-state index contributed by atoms with van der Waals surface area (Å²) in [6.07, 6.45) is 1.49. The van der Waals surface area contributed by atoms with E-state index in [1.54, 1.807) is 4.90 Å². The molecule has 2 saturated heterocycles. The highest BCUT2D eigenvalue weighted by atomic mass is 16.6. The van der Waals surface area contributed by atoms with Gasteiger partial charge in [0.25, 0.3) is 0 Å². The van der Waals surface area contributed by atoms with Crippen LogP contribution in [0.15, 0.2) is 0 Å². The Balaban J connectivity index is 1.66.